The monoisotopic (exact) mass is 250 g/mol. The predicted octanol–water partition coefficient (Wildman–Crippen LogP) is 3.94. The summed E-state index contributed by atoms with van der Waals surface area (Å²) in [4.78, 5) is 0. The Labute approximate surface area is 113 Å². The van der Waals surface area contributed by atoms with Gasteiger partial charge in [-0.1, -0.05) is 54.6 Å². The molecule has 2 aliphatic rings. The minimum Gasteiger partial charge on any atom is -0.385 e. The van der Waals surface area contributed by atoms with Crippen LogP contribution in [-0.2, 0) is 5.60 Å². The van der Waals surface area contributed by atoms with Crippen LogP contribution in [0.5, 0.6) is 0 Å². The summed E-state index contributed by atoms with van der Waals surface area (Å²) in [6.45, 7) is 0. The molecule has 0 aliphatic heterocycles. The Morgan fingerprint density at radius 3 is 2.53 bits per heavy atom. The van der Waals surface area contributed by atoms with Crippen LogP contribution in [0.25, 0.3) is 0 Å². The maximum atomic E-state index is 10.8. The molecule has 2 aromatic carbocycles. The molecule has 19 heavy (non-hydrogen) atoms. The third kappa shape index (κ3) is 1.51. The summed E-state index contributed by atoms with van der Waals surface area (Å²) in [5.74, 6) is 0.933. The van der Waals surface area contributed by atoms with Crippen molar-refractivity contribution in [3.8, 4) is 0 Å². The first-order chi connectivity index (χ1) is 9.29. The highest BCUT2D eigenvalue weighted by molar-refractivity contribution is 5.49. The summed E-state index contributed by atoms with van der Waals surface area (Å²) in [6, 6.07) is 19.1. The molecule has 1 unspecified atom stereocenters. The van der Waals surface area contributed by atoms with Gasteiger partial charge in [0, 0.05) is 5.92 Å². The zero-order chi connectivity index (χ0) is 12.9. The largest absolute Gasteiger partial charge is 0.385 e. The van der Waals surface area contributed by atoms with Gasteiger partial charge in [-0.05, 0) is 41.9 Å². The molecule has 0 aromatic heterocycles. The Morgan fingerprint density at radius 2 is 1.68 bits per heavy atom. The van der Waals surface area contributed by atoms with Crippen molar-refractivity contribution < 1.29 is 5.11 Å². The summed E-state index contributed by atoms with van der Waals surface area (Å²) in [5, 5.41) is 10.8. The van der Waals surface area contributed by atoms with Crippen LogP contribution in [0.4, 0.5) is 0 Å². The Morgan fingerprint density at radius 1 is 0.947 bits per heavy atom. The van der Waals surface area contributed by atoms with Gasteiger partial charge in [0.2, 0.25) is 0 Å². The Hall–Kier alpha value is -1.60. The van der Waals surface area contributed by atoms with Crippen molar-refractivity contribution in [2.75, 3.05) is 0 Å². The van der Waals surface area contributed by atoms with Crippen molar-refractivity contribution in [3.63, 3.8) is 0 Å². The molecule has 1 heteroatoms. The zero-order valence-corrected chi connectivity index (χ0v) is 10.9. The van der Waals surface area contributed by atoms with Gasteiger partial charge in [-0.15, -0.1) is 0 Å². The van der Waals surface area contributed by atoms with E-state index in [2.05, 4.69) is 48.5 Å². The summed E-state index contributed by atoms with van der Waals surface area (Å²) in [5.41, 5.74) is 3.42. The minimum absolute atomic E-state index is 0.336. The number of hydrogen-bond acceptors (Lipinski definition) is 1. The van der Waals surface area contributed by atoms with Crippen molar-refractivity contribution in [2.45, 2.75) is 36.7 Å². The fourth-order valence-corrected chi connectivity index (χ4v) is 4.02. The lowest BCUT2D eigenvalue weighted by molar-refractivity contribution is -0.0542. The predicted molar refractivity (Wildman–Crippen MR) is 76.1 cm³/mol. The van der Waals surface area contributed by atoms with Crippen molar-refractivity contribution in [1.29, 1.82) is 0 Å². The molecule has 96 valence electrons. The lowest BCUT2D eigenvalue weighted by Gasteiger charge is -2.52. The van der Waals surface area contributed by atoms with Crippen LogP contribution in [0, 0.1) is 0 Å². The third-order valence-electron chi connectivity index (χ3n) is 5.04. The summed E-state index contributed by atoms with van der Waals surface area (Å²) in [7, 11) is 0. The molecule has 4 rings (SSSR count). The normalized spacial score (nSPS) is 32.1. The van der Waals surface area contributed by atoms with Crippen LogP contribution >= 0.6 is 0 Å². The van der Waals surface area contributed by atoms with Gasteiger partial charge in [-0.2, -0.15) is 0 Å². The average molecular weight is 250 g/mol. The van der Waals surface area contributed by atoms with Gasteiger partial charge < -0.3 is 5.11 Å². The van der Waals surface area contributed by atoms with Crippen molar-refractivity contribution in [2.24, 2.45) is 0 Å². The SMILES string of the molecule is O[C@]12CCC(c3ccccc3)C[C@H]1c1ccccc12. The van der Waals surface area contributed by atoms with Crippen molar-refractivity contribution in [3.05, 3.63) is 71.3 Å². The van der Waals surface area contributed by atoms with Gasteiger partial charge >= 0.3 is 0 Å². The zero-order valence-electron chi connectivity index (χ0n) is 10.9. The minimum atomic E-state index is -0.540. The molecule has 2 aromatic rings. The maximum absolute atomic E-state index is 10.8. The van der Waals surface area contributed by atoms with E-state index in [0.29, 0.717) is 11.8 Å². The Kier molecular flexibility index (Phi) is 2.33. The van der Waals surface area contributed by atoms with Gasteiger partial charge in [-0.25, -0.2) is 0 Å². The third-order valence-corrected chi connectivity index (χ3v) is 5.04. The molecule has 1 saturated carbocycles. The maximum Gasteiger partial charge on any atom is 0.0968 e. The van der Waals surface area contributed by atoms with Gasteiger partial charge in [0.05, 0.1) is 5.60 Å². The van der Waals surface area contributed by atoms with Crippen molar-refractivity contribution in [1.82, 2.24) is 0 Å². The topological polar surface area (TPSA) is 20.2 Å². The number of rotatable bonds is 1. The first-order valence-corrected chi connectivity index (χ1v) is 7.16. The molecule has 1 nitrogen and oxygen atoms in total. The number of hydrogen-bond donors (Lipinski definition) is 1. The van der Waals surface area contributed by atoms with Gasteiger partial charge in [0.1, 0.15) is 0 Å². The standard InChI is InChI=1S/C18H18O/c19-18-11-10-14(13-6-2-1-3-7-13)12-17(18)15-8-4-5-9-16(15)18/h1-9,14,17,19H,10-12H2/t14?,17-,18-/m0/s1. The van der Waals surface area contributed by atoms with E-state index >= 15 is 0 Å². The molecular formula is C18H18O. The second-order valence-corrected chi connectivity index (χ2v) is 5.95. The van der Waals surface area contributed by atoms with E-state index in [4.69, 9.17) is 0 Å². The van der Waals surface area contributed by atoms with E-state index < -0.39 is 5.60 Å². The Bertz CT molecular complexity index is 604. The van der Waals surface area contributed by atoms with E-state index in [0.717, 1.165) is 19.3 Å². The highest BCUT2D eigenvalue weighted by Crippen LogP contribution is 2.60. The Balaban J connectivity index is 1.66. The van der Waals surface area contributed by atoms with E-state index in [-0.39, 0.29) is 0 Å². The van der Waals surface area contributed by atoms with E-state index in [1.54, 1.807) is 0 Å². The average Bonchev–Trinajstić information content (AvgIpc) is 2.48. The summed E-state index contributed by atoms with van der Waals surface area (Å²) < 4.78 is 0. The molecule has 0 radical (unpaired) electrons. The van der Waals surface area contributed by atoms with Crippen LogP contribution in [0.3, 0.4) is 0 Å². The molecule has 3 atom stereocenters. The molecule has 1 fully saturated rings. The smallest absolute Gasteiger partial charge is 0.0968 e. The highest BCUT2D eigenvalue weighted by atomic mass is 16.3. The second-order valence-electron chi connectivity index (χ2n) is 5.95. The molecule has 2 aliphatic carbocycles. The quantitative estimate of drug-likeness (QED) is 0.812. The van der Waals surface area contributed by atoms with E-state index in [1.165, 1.54) is 16.7 Å². The lowest BCUT2D eigenvalue weighted by Crippen LogP contribution is -2.47. The number of fused-ring (bicyclic) bond motifs is 4. The van der Waals surface area contributed by atoms with Crippen LogP contribution in [0.2, 0.25) is 0 Å². The molecule has 1 N–H and O–H groups in total. The summed E-state index contributed by atoms with van der Waals surface area (Å²) in [6.07, 6.45) is 3.07. The van der Waals surface area contributed by atoms with Gasteiger partial charge in [0.15, 0.2) is 0 Å². The summed E-state index contributed by atoms with van der Waals surface area (Å²) >= 11 is 0. The highest BCUT2D eigenvalue weighted by Gasteiger charge is 2.53. The molecular weight excluding hydrogens is 232 g/mol. The van der Waals surface area contributed by atoms with Crippen LogP contribution < -0.4 is 0 Å². The van der Waals surface area contributed by atoms with E-state index in [1.807, 2.05) is 6.07 Å². The number of benzene rings is 2. The lowest BCUT2D eigenvalue weighted by atomic mass is 9.55. The molecule has 0 amide bonds. The molecule has 0 spiro atoms. The fraction of sp³-hybridized carbons (Fsp3) is 0.333. The van der Waals surface area contributed by atoms with Crippen LogP contribution in [-0.4, -0.2) is 5.11 Å². The second kappa shape index (κ2) is 3.94. The van der Waals surface area contributed by atoms with Gasteiger partial charge in [-0.3, -0.25) is 0 Å². The van der Waals surface area contributed by atoms with E-state index in [9.17, 15) is 5.11 Å². The molecule has 0 heterocycles. The first kappa shape index (κ1) is 11.2. The first-order valence-electron chi connectivity index (χ1n) is 7.16. The number of aliphatic hydroxyl groups is 1. The molecule has 0 bridgehead atoms. The molecule has 0 saturated heterocycles. The van der Waals surface area contributed by atoms with Crippen LogP contribution in [0.15, 0.2) is 54.6 Å². The van der Waals surface area contributed by atoms with Crippen LogP contribution in [0.1, 0.15) is 47.8 Å². The van der Waals surface area contributed by atoms with Crippen molar-refractivity contribution >= 4 is 0 Å². The van der Waals surface area contributed by atoms with Gasteiger partial charge in [0.25, 0.3) is 0 Å². The fourth-order valence-electron chi connectivity index (χ4n) is 4.02.